The molecule has 2 aromatic heterocycles. The van der Waals surface area contributed by atoms with Crippen LogP contribution in [0, 0.1) is 6.92 Å². The average Bonchev–Trinajstić information content (AvgIpc) is 2.68. The molecule has 102 valence electrons. The SMILES string of the molecule is CCCC1(N)CN(c2cc3n[nH]c(=O)n3c(C)n2)C1. The molecular formula is C12H18N6O. The third kappa shape index (κ3) is 1.90. The molecule has 1 aliphatic rings. The van der Waals surface area contributed by atoms with E-state index in [4.69, 9.17) is 5.73 Å². The second-order valence-electron chi connectivity index (χ2n) is 5.35. The van der Waals surface area contributed by atoms with Crippen LogP contribution in [0.1, 0.15) is 25.6 Å². The Balaban J connectivity index is 1.90. The van der Waals surface area contributed by atoms with Crippen molar-refractivity contribution in [3.8, 4) is 0 Å². The van der Waals surface area contributed by atoms with Crippen LogP contribution in [-0.4, -0.2) is 38.2 Å². The van der Waals surface area contributed by atoms with Crippen molar-refractivity contribution >= 4 is 11.5 Å². The molecule has 0 spiro atoms. The van der Waals surface area contributed by atoms with Crippen molar-refractivity contribution in [1.29, 1.82) is 0 Å². The van der Waals surface area contributed by atoms with Crippen LogP contribution >= 0.6 is 0 Å². The summed E-state index contributed by atoms with van der Waals surface area (Å²) >= 11 is 0. The molecule has 7 heteroatoms. The summed E-state index contributed by atoms with van der Waals surface area (Å²) in [6.07, 6.45) is 2.11. The zero-order valence-electron chi connectivity index (χ0n) is 11.2. The van der Waals surface area contributed by atoms with Gasteiger partial charge in [-0.3, -0.25) is 0 Å². The summed E-state index contributed by atoms with van der Waals surface area (Å²) in [7, 11) is 0. The predicted molar refractivity (Wildman–Crippen MR) is 72.4 cm³/mol. The van der Waals surface area contributed by atoms with Crippen LogP contribution in [0.5, 0.6) is 0 Å². The number of aryl methyl sites for hydroxylation is 1. The molecule has 1 fully saturated rings. The van der Waals surface area contributed by atoms with Crippen LogP contribution in [0.15, 0.2) is 10.9 Å². The Morgan fingerprint density at radius 2 is 2.26 bits per heavy atom. The number of anilines is 1. The van der Waals surface area contributed by atoms with Gasteiger partial charge in [-0.25, -0.2) is 19.3 Å². The Kier molecular flexibility index (Phi) is 2.60. The molecule has 0 unspecified atom stereocenters. The van der Waals surface area contributed by atoms with Gasteiger partial charge in [0.25, 0.3) is 0 Å². The van der Waals surface area contributed by atoms with Crippen LogP contribution in [-0.2, 0) is 0 Å². The maximum absolute atomic E-state index is 11.5. The number of hydrogen-bond acceptors (Lipinski definition) is 5. The maximum Gasteiger partial charge on any atom is 0.349 e. The van der Waals surface area contributed by atoms with Gasteiger partial charge in [-0.1, -0.05) is 13.3 Å². The molecule has 7 nitrogen and oxygen atoms in total. The number of aromatic amines is 1. The molecule has 0 atom stereocenters. The fourth-order valence-corrected chi connectivity index (χ4v) is 2.78. The summed E-state index contributed by atoms with van der Waals surface area (Å²) in [5.74, 6) is 1.47. The third-order valence-electron chi connectivity index (χ3n) is 3.64. The largest absolute Gasteiger partial charge is 0.353 e. The van der Waals surface area contributed by atoms with Crippen molar-refractivity contribution in [2.24, 2.45) is 5.73 Å². The van der Waals surface area contributed by atoms with E-state index in [9.17, 15) is 4.79 Å². The maximum atomic E-state index is 11.5. The first-order valence-corrected chi connectivity index (χ1v) is 6.51. The van der Waals surface area contributed by atoms with Gasteiger partial charge in [-0.15, -0.1) is 0 Å². The molecule has 0 aliphatic carbocycles. The van der Waals surface area contributed by atoms with Crippen LogP contribution in [0.2, 0.25) is 0 Å². The Bertz CT molecular complexity index is 666. The molecule has 0 saturated carbocycles. The van der Waals surface area contributed by atoms with E-state index in [0.717, 1.165) is 31.7 Å². The zero-order valence-corrected chi connectivity index (χ0v) is 11.2. The molecule has 0 amide bonds. The number of fused-ring (bicyclic) bond motifs is 1. The van der Waals surface area contributed by atoms with Crippen LogP contribution in [0.4, 0.5) is 5.82 Å². The summed E-state index contributed by atoms with van der Waals surface area (Å²) in [5.41, 5.74) is 6.49. The van der Waals surface area contributed by atoms with Crippen LogP contribution in [0.25, 0.3) is 5.65 Å². The molecule has 2 aromatic rings. The van der Waals surface area contributed by atoms with Gasteiger partial charge in [0.1, 0.15) is 11.6 Å². The number of nitrogens with two attached hydrogens (primary N) is 1. The molecule has 1 saturated heterocycles. The number of nitrogens with one attached hydrogen (secondary N) is 1. The number of H-pyrrole nitrogens is 1. The van der Waals surface area contributed by atoms with Crippen molar-refractivity contribution < 1.29 is 0 Å². The number of nitrogens with zero attached hydrogens (tertiary/aromatic N) is 4. The number of aromatic nitrogens is 4. The van der Waals surface area contributed by atoms with Gasteiger partial charge in [0.15, 0.2) is 5.65 Å². The van der Waals surface area contributed by atoms with E-state index in [1.165, 1.54) is 4.40 Å². The summed E-state index contributed by atoms with van der Waals surface area (Å²) in [6.45, 7) is 5.55. The minimum absolute atomic E-state index is 0.0955. The van der Waals surface area contributed by atoms with Crippen molar-refractivity contribution in [2.75, 3.05) is 18.0 Å². The smallest absolute Gasteiger partial charge is 0.349 e. The molecule has 3 N–H and O–H groups in total. The lowest BCUT2D eigenvalue weighted by atomic mass is 9.86. The van der Waals surface area contributed by atoms with E-state index >= 15 is 0 Å². The average molecular weight is 262 g/mol. The molecule has 0 radical (unpaired) electrons. The zero-order chi connectivity index (χ0) is 13.6. The minimum Gasteiger partial charge on any atom is -0.353 e. The minimum atomic E-state index is -0.255. The Morgan fingerprint density at radius 3 is 2.95 bits per heavy atom. The first-order valence-electron chi connectivity index (χ1n) is 6.51. The lowest BCUT2D eigenvalue weighted by Gasteiger charge is -2.48. The molecule has 0 aromatic carbocycles. The van der Waals surface area contributed by atoms with E-state index in [1.807, 2.05) is 6.07 Å². The van der Waals surface area contributed by atoms with Gasteiger partial charge < -0.3 is 10.6 Å². The summed E-state index contributed by atoms with van der Waals surface area (Å²) in [4.78, 5) is 18.1. The fraction of sp³-hybridized carbons (Fsp3) is 0.583. The van der Waals surface area contributed by atoms with Gasteiger partial charge in [0, 0.05) is 19.2 Å². The first kappa shape index (κ1) is 12.2. The highest BCUT2D eigenvalue weighted by molar-refractivity contribution is 5.54. The Hall–Kier alpha value is -1.89. The molecule has 3 rings (SSSR count). The third-order valence-corrected chi connectivity index (χ3v) is 3.64. The van der Waals surface area contributed by atoms with Gasteiger partial charge in [0.05, 0.1) is 5.54 Å². The molecule has 19 heavy (non-hydrogen) atoms. The Labute approximate surface area is 110 Å². The van der Waals surface area contributed by atoms with Crippen LogP contribution in [0.3, 0.4) is 0 Å². The second kappa shape index (κ2) is 4.06. The molecule has 1 aliphatic heterocycles. The fourth-order valence-electron chi connectivity index (χ4n) is 2.78. The number of rotatable bonds is 3. The monoisotopic (exact) mass is 262 g/mol. The molecule has 3 heterocycles. The molecule has 0 bridgehead atoms. The normalized spacial score (nSPS) is 17.7. The van der Waals surface area contributed by atoms with Crippen LogP contribution < -0.4 is 16.3 Å². The Morgan fingerprint density at radius 1 is 1.53 bits per heavy atom. The van der Waals surface area contributed by atoms with Gasteiger partial charge in [-0.05, 0) is 13.3 Å². The van der Waals surface area contributed by atoms with Gasteiger partial charge in [-0.2, -0.15) is 5.10 Å². The van der Waals surface area contributed by atoms with E-state index < -0.39 is 0 Å². The van der Waals surface area contributed by atoms with E-state index in [1.54, 1.807) is 6.92 Å². The highest BCUT2D eigenvalue weighted by atomic mass is 16.1. The van der Waals surface area contributed by atoms with Crippen molar-refractivity contribution in [3.63, 3.8) is 0 Å². The van der Waals surface area contributed by atoms with E-state index in [0.29, 0.717) is 11.5 Å². The lowest BCUT2D eigenvalue weighted by Crippen LogP contribution is -2.67. The van der Waals surface area contributed by atoms with Crippen molar-refractivity contribution in [1.82, 2.24) is 19.6 Å². The highest BCUT2D eigenvalue weighted by Crippen LogP contribution is 2.28. The highest BCUT2D eigenvalue weighted by Gasteiger charge is 2.39. The van der Waals surface area contributed by atoms with E-state index in [-0.39, 0.29) is 11.2 Å². The summed E-state index contributed by atoms with van der Waals surface area (Å²) in [6, 6.07) is 1.82. The summed E-state index contributed by atoms with van der Waals surface area (Å²) < 4.78 is 1.46. The van der Waals surface area contributed by atoms with E-state index in [2.05, 4.69) is 27.0 Å². The standard InChI is InChI=1S/C12H18N6O/c1-3-4-12(13)6-17(7-12)9-5-10-15-16-11(19)18(10)8(2)14-9/h5H,3-4,6-7,13H2,1-2H3,(H,16,19). The predicted octanol–water partition coefficient (Wildman–Crippen LogP) is 0.0436. The van der Waals surface area contributed by atoms with Gasteiger partial charge >= 0.3 is 5.69 Å². The van der Waals surface area contributed by atoms with Crippen molar-refractivity contribution in [2.45, 2.75) is 32.2 Å². The quantitative estimate of drug-likeness (QED) is 0.815. The second-order valence-corrected chi connectivity index (χ2v) is 5.35. The lowest BCUT2D eigenvalue weighted by molar-refractivity contribution is 0.305. The molecular weight excluding hydrogens is 244 g/mol. The first-order chi connectivity index (χ1) is 9.02. The topological polar surface area (TPSA) is 92.3 Å². The summed E-state index contributed by atoms with van der Waals surface area (Å²) in [5, 5.41) is 6.41. The number of hydrogen-bond donors (Lipinski definition) is 2. The van der Waals surface area contributed by atoms with Gasteiger partial charge in [0.2, 0.25) is 0 Å². The van der Waals surface area contributed by atoms with Crippen molar-refractivity contribution in [3.05, 3.63) is 22.4 Å².